The number of rotatable bonds is 2. The lowest BCUT2D eigenvalue weighted by Crippen LogP contribution is -2.16. The first-order chi connectivity index (χ1) is 6.40. The maximum absolute atomic E-state index is 5.53. The maximum Gasteiger partial charge on any atom is 0.0609 e. The van der Waals surface area contributed by atoms with Crippen LogP contribution >= 0.6 is 11.8 Å². The molecule has 0 bridgehead atoms. The fraction of sp³-hybridized carbons (Fsp3) is 0.667. The van der Waals surface area contributed by atoms with Crippen molar-refractivity contribution < 1.29 is 0 Å². The number of nitrogens with zero attached hydrogens (tertiary/aromatic N) is 2. The second-order valence-corrected chi connectivity index (χ2v) is 4.55. The van der Waals surface area contributed by atoms with Crippen molar-refractivity contribution in [3.63, 3.8) is 0 Å². The molecule has 0 radical (unpaired) electrons. The van der Waals surface area contributed by atoms with Crippen LogP contribution in [-0.2, 0) is 6.54 Å². The van der Waals surface area contributed by atoms with E-state index in [-0.39, 0.29) is 0 Å². The lowest BCUT2D eigenvalue weighted by atomic mass is 10.2. The zero-order chi connectivity index (χ0) is 9.10. The van der Waals surface area contributed by atoms with Crippen molar-refractivity contribution in [3.05, 3.63) is 18.0 Å². The van der Waals surface area contributed by atoms with E-state index in [1.165, 1.54) is 24.3 Å². The first-order valence-electron chi connectivity index (χ1n) is 4.71. The Balaban J connectivity index is 2.05. The maximum atomic E-state index is 5.53. The molecule has 2 N–H and O–H groups in total. The van der Waals surface area contributed by atoms with Crippen LogP contribution in [-0.4, -0.2) is 21.3 Å². The Kier molecular flexibility index (Phi) is 2.90. The van der Waals surface area contributed by atoms with Gasteiger partial charge in [0.1, 0.15) is 0 Å². The number of nitrogens with two attached hydrogens (primary N) is 1. The minimum Gasteiger partial charge on any atom is -0.326 e. The zero-order valence-corrected chi connectivity index (χ0v) is 8.46. The number of hydrogen-bond acceptors (Lipinski definition) is 3. The molecule has 1 unspecified atom stereocenters. The summed E-state index contributed by atoms with van der Waals surface area (Å²) in [6.45, 7) is 0.597. The molecule has 0 aliphatic carbocycles. The standard InChI is InChI=1S/C9H15N3S/c10-4-8-5-11-12(6-8)9-2-1-3-13-7-9/h5-6,9H,1-4,7,10H2. The van der Waals surface area contributed by atoms with Crippen LogP contribution in [0.2, 0.25) is 0 Å². The minimum absolute atomic E-state index is 0.596. The molecule has 2 heterocycles. The summed E-state index contributed by atoms with van der Waals surface area (Å²) in [6.07, 6.45) is 6.53. The lowest BCUT2D eigenvalue weighted by Gasteiger charge is -2.21. The van der Waals surface area contributed by atoms with Gasteiger partial charge in [0, 0.05) is 24.1 Å². The van der Waals surface area contributed by atoms with E-state index in [1.807, 2.05) is 18.0 Å². The molecule has 72 valence electrons. The van der Waals surface area contributed by atoms with Gasteiger partial charge >= 0.3 is 0 Å². The highest BCUT2D eigenvalue weighted by atomic mass is 32.2. The van der Waals surface area contributed by atoms with E-state index < -0.39 is 0 Å². The van der Waals surface area contributed by atoms with Gasteiger partial charge in [0.25, 0.3) is 0 Å². The quantitative estimate of drug-likeness (QED) is 0.779. The van der Waals surface area contributed by atoms with Gasteiger partial charge in [-0.15, -0.1) is 0 Å². The van der Waals surface area contributed by atoms with Crippen molar-refractivity contribution in [2.75, 3.05) is 11.5 Å². The van der Waals surface area contributed by atoms with Crippen molar-refractivity contribution in [1.29, 1.82) is 0 Å². The molecular formula is C9H15N3S. The first kappa shape index (κ1) is 9.09. The van der Waals surface area contributed by atoms with Gasteiger partial charge in [0.2, 0.25) is 0 Å². The molecule has 1 fully saturated rings. The van der Waals surface area contributed by atoms with E-state index in [2.05, 4.69) is 16.0 Å². The van der Waals surface area contributed by atoms with Crippen LogP contribution in [0, 0.1) is 0 Å². The van der Waals surface area contributed by atoms with E-state index >= 15 is 0 Å². The summed E-state index contributed by atoms with van der Waals surface area (Å²) in [6, 6.07) is 0.596. The van der Waals surface area contributed by atoms with E-state index in [1.54, 1.807) is 0 Å². The Bertz CT molecular complexity index is 266. The van der Waals surface area contributed by atoms with Crippen LogP contribution < -0.4 is 5.73 Å². The predicted molar refractivity (Wildman–Crippen MR) is 55.7 cm³/mol. The van der Waals surface area contributed by atoms with Crippen molar-refractivity contribution >= 4 is 11.8 Å². The zero-order valence-electron chi connectivity index (χ0n) is 7.65. The number of thioether (sulfide) groups is 1. The van der Waals surface area contributed by atoms with Gasteiger partial charge in [-0.3, -0.25) is 4.68 Å². The monoisotopic (exact) mass is 197 g/mol. The summed E-state index contributed by atoms with van der Waals surface area (Å²) < 4.78 is 2.08. The van der Waals surface area contributed by atoms with Gasteiger partial charge < -0.3 is 5.73 Å². The summed E-state index contributed by atoms with van der Waals surface area (Å²) in [5.74, 6) is 2.51. The molecule has 0 aromatic carbocycles. The van der Waals surface area contributed by atoms with Crippen LogP contribution in [0.1, 0.15) is 24.4 Å². The van der Waals surface area contributed by atoms with Gasteiger partial charge in [-0.25, -0.2) is 0 Å². The fourth-order valence-corrected chi connectivity index (χ4v) is 2.74. The third-order valence-corrected chi connectivity index (χ3v) is 3.60. The van der Waals surface area contributed by atoms with E-state index in [9.17, 15) is 0 Å². The molecule has 13 heavy (non-hydrogen) atoms. The van der Waals surface area contributed by atoms with Crippen molar-refractivity contribution in [2.24, 2.45) is 5.73 Å². The molecule has 4 heteroatoms. The number of aromatic nitrogens is 2. The summed E-state index contributed by atoms with van der Waals surface area (Å²) in [5.41, 5.74) is 6.67. The largest absolute Gasteiger partial charge is 0.326 e. The van der Waals surface area contributed by atoms with E-state index in [0.717, 1.165) is 5.56 Å². The van der Waals surface area contributed by atoms with Crippen molar-refractivity contribution in [3.8, 4) is 0 Å². The van der Waals surface area contributed by atoms with Gasteiger partial charge in [-0.2, -0.15) is 16.9 Å². The first-order valence-corrected chi connectivity index (χ1v) is 5.86. The molecule has 1 aliphatic rings. The van der Waals surface area contributed by atoms with Crippen LogP contribution in [0.4, 0.5) is 0 Å². The van der Waals surface area contributed by atoms with Gasteiger partial charge in [-0.1, -0.05) is 0 Å². The molecule has 1 aromatic rings. The Morgan fingerprint density at radius 1 is 1.69 bits per heavy atom. The van der Waals surface area contributed by atoms with E-state index in [0.29, 0.717) is 12.6 Å². The molecule has 0 saturated carbocycles. The van der Waals surface area contributed by atoms with Crippen LogP contribution in [0.5, 0.6) is 0 Å². The molecule has 0 spiro atoms. The minimum atomic E-state index is 0.596. The molecule has 1 saturated heterocycles. The van der Waals surface area contributed by atoms with Crippen LogP contribution in [0.15, 0.2) is 12.4 Å². The lowest BCUT2D eigenvalue weighted by molar-refractivity contribution is 0.454. The Labute approximate surface area is 82.7 Å². The summed E-state index contributed by atoms with van der Waals surface area (Å²) in [7, 11) is 0. The van der Waals surface area contributed by atoms with E-state index in [4.69, 9.17) is 5.73 Å². The summed E-state index contributed by atoms with van der Waals surface area (Å²) in [4.78, 5) is 0. The summed E-state index contributed by atoms with van der Waals surface area (Å²) in [5, 5.41) is 4.33. The highest BCUT2D eigenvalue weighted by molar-refractivity contribution is 7.99. The number of hydrogen-bond donors (Lipinski definition) is 1. The second-order valence-electron chi connectivity index (χ2n) is 3.40. The van der Waals surface area contributed by atoms with Crippen molar-refractivity contribution in [1.82, 2.24) is 9.78 Å². The molecule has 1 aliphatic heterocycles. The van der Waals surface area contributed by atoms with Crippen LogP contribution in [0.25, 0.3) is 0 Å². The molecule has 1 aromatic heterocycles. The third-order valence-electron chi connectivity index (χ3n) is 2.40. The topological polar surface area (TPSA) is 43.8 Å². The Hall–Kier alpha value is -0.480. The van der Waals surface area contributed by atoms with Crippen LogP contribution in [0.3, 0.4) is 0 Å². The highest BCUT2D eigenvalue weighted by Crippen LogP contribution is 2.26. The average molecular weight is 197 g/mol. The molecule has 2 rings (SSSR count). The average Bonchev–Trinajstić information content (AvgIpc) is 2.67. The fourth-order valence-electron chi connectivity index (χ4n) is 1.61. The Morgan fingerprint density at radius 2 is 2.62 bits per heavy atom. The second kappa shape index (κ2) is 4.15. The third kappa shape index (κ3) is 2.06. The SMILES string of the molecule is NCc1cnn(C2CCCSC2)c1. The summed E-state index contributed by atoms with van der Waals surface area (Å²) >= 11 is 2.02. The smallest absolute Gasteiger partial charge is 0.0609 e. The molecular weight excluding hydrogens is 182 g/mol. The van der Waals surface area contributed by atoms with Gasteiger partial charge in [-0.05, 0) is 18.6 Å². The Morgan fingerprint density at radius 3 is 3.23 bits per heavy atom. The van der Waals surface area contributed by atoms with Gasteiger partial charge in [0.05, 0.1) is 12.2 Å². The predicted octanol–water partition coefficient (Wildman–Crippen LogP) is 1.41. The molecule has 1 atom stereocenters. The molecule has 3 nitrogen and oxygen atoms in total. The van der Waals surface area contributed by atoms with Gasteiger partial charge in [0.15, 0.2) is 0 Å². The normalized spacial score (nSPS) is 23.3. The highest BCUT2D eigenvalue weighted by Gasteiger charge is 2.15. The molecule has 0 amide bonds. The van der Waals surface area contributed by atoms with Crippen molar-refractivity contribution in [2.45, 2.75) is 25.4 Å².